The molecule has 1 fully saturated rings. The van der Waals surface area contributed by atoms with Gasteiger partial charge in [-0.3, -0.25) is 4.79 Å². The summed E-state index contributed by atoms with van der Waals surface area (Å²) in [5.74, 6) is 0.907. The minimum atomic E-state index is -0.465. The summed E-state index contributed by atoms with van der Waals surface area (Å²) in [6, 6.07) is 16.8. The van der Waals surface area contributed by atoms with Crippen molar-refractivity contribution in [2.45, 2.75) is 31.4 Å². The van der Waals surface area contributed by atoms with Gasteiger partial charge in [0.25, 0.3) is 0 Å². The van der Waals surface area contributed by atoms with Gasteiger partial charge < -0.3 is 19.3 Å². The molecule has 2 amide bonds. The molecule has 1 saturated heterocycles. The van der Waals surface area contributed by atoms with Crippen LogP contribution in [0.15, 0.2) is 59.0 Å². The van der Waals surface area contributed by atoms with E-state index in [1.165, 1.54) is 0 Å². The number of benzene rings is 2. The molecule has 1 atom stereocenters. The Morgan fingerprint density at radius 2 is 1.81 bits per heavy atom. The maximum atomic E-state index is 12.6. The number of carbonyl (C=O) groups excluding carboxylic acids is 3. The molecule has 0 aliphatic carbocycles. The molecule has 1 aromatic heterocycles. The SMILES string of the molecule is Cc1oc(-c2ccccc2)nc1CCC(=O)c1ccc(C[C@@H]2SC(=O)[N-]C2=O)cc1.[Na+]. The molecule has 31 heavy (non-hydrogen) atoms. The fourth-order valence-corrected chi connectivity index (χ4v) is 4.09. The first-order valence-corrected chi connectivity index (χ1v) is 10.5. The van der Waals surface area contributed by atoms with Gasteiger partial charge in [-0.15, -0.1) is 0 Å². The van der Waals surface area contributed by atoms with Crippen molar-refractivity contribution in [1.82, 2.24) is 4.98 Å². The van der Waals surface area contributed by atoms with Crippen molar-refractivity contribution >= 4 is 28.7 Å². The number of hydrogen-bond donors (Lipinski definition) is 0. The van der Waals surface area contributed by atoms with Crippen LogP contribution in [-0.2, 0) is 17.6 Å². The Morgan fingerprint density at radius 1 is 1.10 bits per heavy atom. The number of aromatic nitrogens is 1. The molecule has 0 radical (unpaired) electrons. The number of carbonyl (C=O) groups is 3. The molecular weight excluding hydrogens is 423 g/mol. The summed E-state index contributed by atoms with van der Waals surface area (Å²) >= 11 is 0.948. The molecule has 0 unspecified atom stereocenters. The summed E-state index contributed by atoms with van der Waals surface area (Å²) in [6.45, 7) is 1.85. The third-order valence-electron chi connectivity index (χ3n) is 4.92. The van der Waals surface area contributed by atoms with Crippen LogP contribution in [-0.4, -0.2) is 27.2 Å². The molecule has 0 saturated carbocycles. The molecule has 2 aromatic carbocycles. The number of ketones is 1. The summed E-state index contributed by atoms with van der Waals surface area (Å²) in [5.41, 5.74) is 3.18. The van der Waals surface area contributed by atoms with E-state index in [0.717, 1.165) is 34.3 Å². The van der Waals surface area contributed by atoms with E-state index in [9.17, 15) is 14.4 Å². The third kappa shape index (κ3) is 5.74. The first-order chi connectivity index (χ1) is 14.5. The van der Waals surface area contributed by atoms with E-state index >= 15 is 0 Å². The van der Waals surface area contributed by atoms with Gasteiger partial charge in [0.15, 0.2) is 5.78 Å². The van der Waals surface area contributed by atoms with Crippen molar-refractivity contribution in [3.8, 4) is 11.5 Å². The summed E-state index contributed by atoms with van der Waals surface area (Å²) < 4.78 is 5.75. The van der Waals surface area contributed by atoms with Gasteiger partial charge in [0.1, 0.15) is 11.0 Å². The van der Waals surface area contributed by atoms with Crippen LogP contribution in [0.1, 0.15) is 33.8 Å². The number of imide groups is 1. The Bertz CT molecular complexity index is 1100. The standard InChI is InChI=1S/C23H20N2O4S.Na/c1-14-18(24-22(29-14)17-5-3-2-4-6-17)11-12-19(26)16-9-7-15(8-10-16)13-20-21(27)25-23(28)30-20;/h2-10,20H,11-13H2,1H3,(H,25,27,28);/q;+1/p-1/t20-;/m0./s1. The summed E-state index contributed by atoms with van der Waals surface area (Å²) in [6.07, 6.45) is 1.25. The number of Topliss-reactive ketones (excluding diaryl/α,β-unsaturated/α-hetero) is 1. The summed E-state index contributed by atoms with van der Waals surface area (Å²) in [7, 11) is 0. The van der Waals surface area contributed by atoms with E-state index in [4.69, 9.17) is 4.42 Å². The largest absolute Gasteiger partial charge is 1.00 e. The fourth-order valence-electron chi connectivity index (χ4n) is 3.27. The van der Waals surface area contributed by atoms with Crippen molar-refractivity contribution in [2.24, 2.45) is 0 Å². The van der Waals surface area contributed by atoms with E-state index in [2.05, 4.69) is 10.3 Å². The minimum Gasteiger partial charge on any atom is -0.585 e. The topological polar surface area (TPSA) is 91.3 Å². The van der Waals surface area contributed by atoms with Gasteiger partial charge >= 0.3 is 29.6 Å². The minimum absolute atomic E-state index is 0. The quantitative estimate of drug-likeness (QED) is 0.411. The zero-order chi connectivity index (χ0) is 21.1. The molecule has 0 spiro atoms. The number of oxazole rings is 1. The van der Waals surface area contributed by atoms with Crippen LogP contribution in [0.4, 0.5) is 4.79 Å². The Hall–Kier alpha value is -2.19. The van der Waals surface area contributed by atoms with E-state index < -0.39 is 10.5 Å². The molecule has 0 bridgehead atoms. The van der Waals surface area contributed by atoms with E-state index in [-0.39, 0.29) is 41.2 Å². The van der Waals surface area contributed by atoms with Gasteiger partial charge in [0.2, 0.25) is 5.89 Å². The Kier molecular flexibility index (Phi) is 7.89. The monoisotopic (exact) mass is 442 g/mol. The summed E-state index contributed by atoms with van der Waals surface area (Å²) in [5, 5.41) is 2.51. The Morgan fingerprint density at radius 3 is 2.45 bits per heavy atom. The maximum absolute atomic E-state index is 12.6. The Labute approximate surface area is 206 Å². The molecule has 0 N–H and O–H groups in total. The van der Waals surface area contributed by atoms with Crippen LogP contribution in [0.5, 0.6) is 0 Å². The van der Waals surface area contributed by atoms with E-state index in [1.54, 1.807) is 12.1 Å². The molecule has 4 rings (SSSR count). The second kappa shape index (κ2) is 10.4. The van der Waals surface area contributed by atoms with Gasteiger partial charge in [-0.05, 0) is 31.0 Å². The number of rotatable bonds is 7. The smallest absolute Gasteiger partial charge is 0.585 e. The normalized spacial score (nSPS) is 15.5. The van der Waals surface area contributed by atoms with Crippen LogP contribution < -0.4 is 29.6 Å². The first kappa shape index (κ1) is 23.5. The molecule has 1 aliphatic heterocycles. The van der Waals surface area contributed by atoms with Crippen LogP contribution in [0.25, 0.3) is 16.8 Å². The molecule has 152 valence electrons. The van der Waals surface area contributed by atoms with Crippen LogP contribution in [0.3, 0.4) is 0 Å². The van der Waals surface area contributed by atoms with Gasteiger partial charge in [-0.2, -0.15) is 0 Å². The second-order valence-corrected chi connectivity index (χ2v) is 8.19. The van der Waals surface area contributed by atoms with Gasteiger partial charge in [-0.1, -0.05) is 54.2 Å². The molecule has 3 aromatic rings. The third-order valence-corrected chi connectivity index (χ3v) is 5.87. The van der Waals surface area contributed by atoms with Gasteiger partial charge in [-0.25, -0.2) is 4.98 Å². The summed E-state index contributed by atoms with van der Waals surface area (Å²) in [4.78, 5) is 40.0. The van der Waals surface area contributed by atoms with Crippen molar-refractivity contribution in [3.05, 3.63) is 82.5 Å². The van der Waals surface area contributed by atoms with E-state index in [0.29, 0.717) is 30.7 Å². The molecule has 2 heterocycles. The van der Waals surface area contributed by atoms with Crippen molar-refractivity contribution in [3.63, 3.8) is 0 Å². The fraction of sp³-hybridized carbons (Fsp3) is 0.217. The Balaban J connectivity index is 0.00000272. The molecule has 8 heteroatoms. The number of amides is 2. The molecular formula is C23H19N2NaO4S. The van der Waals surface area contributed by atoms with E-state index in [1.807, 2.05) is 49.4 Å². The zero-order valence-electron chi connectivity index (χ0n) is 17.3. The second-order valence-electron chi connectivity index (χ2n) is 7.03. The van der Waals surface area contributed by atoms with Crippen LogP contribution in [0, 0.1) is 6.92 Å². The average molecular weight is 442 g/mol. The van der Waals surface area contributed by atoms with Gasteiger partial charge in [0.05, 0.1) is 16.9 Å². The number of thioether (sulfide) groups is 1. The predicted octanol–water partition coefficient (Wildman–Crippen LogP) is 2.15. The van der Waals surface area contributed by atoms with Crippen LogP contribution >= 0.6 is 11.8 Å². The van der Waals surface area contributed by atoms with Crippen molar-refractivity contribution in [1.29, 1.82) is 0 Å². The molecule has 6 nitrogen and oxygen atoms in total. The van der Waals surface area contributed by atoms with Crippen molar-refractivity contribution < 1.29 is 48.4 Å². The number of aryl methyl sites for hydroxylation is 2. The first-order valence-electron chi connectivity index (χ1n) is 9.59. The predicted molar refractivity (Wildman–Crippen MR) is 115 cm³/mol. The number of nitrogens with zero attached hydrogens (tertiary/aromatic N) is 2. The average Bonchev–Trinajstić information content (AvgIpc) is 3.28. The number of hydrogen-bond acceptors (Lipinski definition) is 6. The van der Waals surface area contributed by atoms with Gasteiger partial charge in [0, 0.05) is 24.0 Å². The molecule has 1 aliphatic rings. The maximum Gasteiger partial charge on any atom is 1.00 e. The van der Waals surface area contributed by atoms with Crippen molar-refractivity contribution in [2.75, 3.05) is 0 Å². The van der Waals surface area contributed by atoms with Crippen LogP contribution in [0.2, 0.25) is 0 Å². The zero-order valence-corrected chi connectivity index (χ0v) is 20.1.